The molecule has 0 aliphatic heterocycles. The van der Waals surface area contributed by atoms with Crippen LogP contribution < -0.4 is 15.1 Å². The molecule has 1 unspecified atom stereocenters. The number of methoxy groups -OCH3 is 1. The minimum Gasteiger partial charge on any atom is -0.495 e. The second-order valence-corrected chi connectivity index (χ2v) is 4.24. The Morgan fingerprint density at radius 3 is 2.95 bits per heavy atom. The van der Waals surface area contributed by atoms with Crippen molar-refractivity contribution < 1.29 is 18.3 Å². The number of aromatic nitrogens is 1. The Labute approximate surface area is 117 Å². The van der Waals surface area contributed by atoms with Crippen LogP contribution in [-0.2, 0) is 4.79 Å². The summed E-state index contributed by atoms with van der Waals surface area (Å²) in [5.41, 5.74) is 0.458. The van der Waals surface area contributed by atoms with E-state index in [9.17, 15) is 9.18 Å². The molecule has 2 aromatic rings. The Morgan fingerprint density at radius 2 is 2.35 bits per heavy atom. The molecule has 1 atom stereocenters. The van der Waals surface area contributed by atoms with Crippen molar-refractivity contribution in [2.75, 3.05) is 19.0 Å². The fourth-order valence-electron chi connectivity index (χ4n) is 1.64. The van der Waals surface area contributed by atoms with Crippen LogP contribution in [-0.4, -0.2) is 24.5 Å². The minimum atomic E-state index is -0.545. The van der Waals surface area contributed by atoms with Crippen molar-refractivity contribution in [2.45, 2.75) is 0 Å². The van der Waals surface area contributed by atoms with Gasteiger partial charge in [-0.2, -0.15) is 0 Å². The molecule has 0 aliphatic carbocycles. The first-order chi connectivity index (χ1) is 9.65. The van der Waals surface area contributed by atoms with Crippen molar-refractivity contribution in [1.82, 2.24) is 10.1 Å². The summed E-state index contributed by atoms with van der Waals surface area (Å²) in [5.74, 6) is -0.248. The second kappa shape index (κ2) is 6.45. The fourth-order valence-corrected chi connectivity index (χ4v) is 1.83. The standard InChI is InChI=1S/C12H13FN3O3P/c1-18-10-2-7(11-4-14-6-19-11)8(13)3-9(10)16-12(17)5-15-20/h2-4,6,15H,5,20H2,1H3,(H,16,17). The molecule has 1 amide bonds. The summed E-state index contributed by atoms with van der Waals surface area (Å²) in [6, 6.07) is 2.62. The molecular weight excluding hydrogens is 284 g/mol. The number of halogens is 1. The normalized spacial score (nSPS) is 10.3. The Kier molecular flexibility index (Phi) is 4.65. The molecule has 8 heteroatoms. The molecule has 0 aliphatic rings. The molecule has 6 nitrogen and oxygen atoms in total. The highest BCUT2D eigenvalue weighted by Gasteiger charge is 2.15. The van der Waals surface area contributed by atoms with Crippen molar-refractivity contribution in [3.05, 3.63) is 30.5 Å². The molecule has 0 spiro atoms. The number of anilines is 1. The van der Waals surface area contributed by atoms with Crippen molar-refractivity contribution in [1.29, 1.82) is 0 Å². The summed E-state index contributed by atoms with van der Waals surface area (Å²) < 4.78 is 24.3. The van der Waals surface area contributed by atoms with Crippen LogP contribution in [0.15, 0.2) is 29.1 Å². The van der Waals surface area contributed by atoms with Gasteiger partial charge in [-0.05, 0) is 6.07 Å². The number of carbonyl (C=O) groups is 1. The fraction of sp³-hybridized carbons (Fsp3) is 0.167. The van der Waals surface area contributed by atoms with Crippen LogP contribution in [0.1, 0.15) is 0 Å². The Bertz CT molecular complexity index is 604. The molecule has 2 rings (SSSR count). The SMILES string of the molecule is COc1cc(-c2cnco2)c(F)cc1NC(=O)CNP. The number of rotatable bonds is 5. The predicted molar refractivity (Wildman–Crippen MR) is 74.8 cm³/mol. The number of oxazole rings is 1. The van der Waals surface area contributed by atoms with E-state index in [0.717, 1.165) is 0 Å². The number of ether oxygens (including phenoxy) is 1. The molecule has 1 aromatic heterocycles. The lowest BCUT2D eigenvalue weighted by Gasteiger charge is -2.12. The van der Waals surface area contributed by atoms with Gasteiger partial charge in [0.2, 0.25) is 5.91 Å². The topological polar surface area (TPSA) is 76.4 Å². The average Bonchev–Trinajstić information content (AvgIpc) is 2.93. The number of carbonyl (C=O) groups excluding carboxylic acids is 1. The van der Waals surface area contributed by atoms with Crippen molar-refractivity contribution in [2.24, 2.45) is 0 Å². The Morgan fingerprint density at radius 1 is 1.55 bits per heavy atom. The third-order valence-corrected chi connectivity index (χ3v) is 2.73. The maximum atomic E-state index is 14.1. The summed E-state index contributed by atoms with van der Waals surface area (Å²) in [6.45, 7) is 0.0826. The van der Waals surface area contributed by atoms with Crippen molar-refractivity contribution >= 4 is 21.0 Å². The van der Waals surface area contributed by atoms with Gasteiger partial charge in [0.15, 0.2) is 12.2 Å². The maximum Gasteiger partial charge on any atom is 0.238 e. The molecule has 106 valence electrons. The van der Waals surface area contributed by atoms with Gasteiger partial charge in [-0.15, -0.1) is 0 Å². The van der Waals surface area contributed by atoms with Crippen LogP contribution in [0.25, 0.3) is 11.3 Å². The number of hydrogen-bond donors (Lipinski definition) is 2. The van der Waals surface area contributed by atoms with E-state index in [1.807, 2.05) is 0 Å². The van der Waals surface area contributed by atoms with Gasteiger partial charge in [-0.3, -0.25) is 9.88 Å². The highest BCUT2D eigenvalue weighted by Crippen LogP contribution is 2.33. The van der Waals surface area contributed by atoms with Gasteiger partial charge in [0, 0.05) is 6.07 Å². The number of amides is 1. The van der Waals surface area contributed by atoms with Gasteiger partial charge >= 0.3 is 0 Å². The molecular formula is C12H13FN3O3P. The van der Waals surface area contributed by atoms with E-state index in [4.69, 9.17) is 9.15 Å². The lowest BCUT2D eigenvalue weighted by molar-refractivity contribution is -0.115. The molecule has 0 fully saturated rings. The van der Waals surface area contributed by atoms with Gasteiger partial charge in [-0.1, -0.05) is 9.39 Å². The van der Waals surface area contributed by atoms with Crippen LogP contribution in [0.4, 0.5) is 10.1 Å². The lowest BCUT2D eigenvalue weighted by Crippen LogP contribution is -2.22. The Balaban J connectivity index is 2.35. The van der Waals surface area contributed by atoms with E-state index in [0.29, 0.717) is 5.75 Å². The van der Waals surface area contributed by atoms with E-state index in [-0.39, 0.29) is 29.5 Å². The summed E-state index contributed by atoms with van der Waals surface area (Å²) >= 11 is 0. The zero-order valence-electron chi connectivity index (χ0n) is 10.6. The van der Waals surface area contributed by atoms with Crippen LogP contribution >= 0.6 is 9.39 Å². The van der Waals surface area contributed by atoms with E-state index in [1.165, 1.54) is 31.8 Å². The first-order valence-electron chi connectivity index (χ1n) is 5.65. The highest BCUT2D eigenvalue weighted by molar-refractivity contribution is 7.13. The van der Waals surface area contributed by atoms with Gasteiger partial charge < -0.3 is 14.5 Å². The zero-order chi connectivity index (χ0) is 14.5. The average molecular weight is 297 g/mol. The van der Waals surface area contributed by atoms with Gasteiger partial charge in [0.05, 0.1) is 31.1 Å². The molecule has 0 radical (unpaired) electrons. The summed E-state index contributed by atoms with van der Waals surface area (Å²) in [6.07, 6.45) is 2.61. The molecule has 0 saturated carbocycles. The third kappa shape index (κ3) is 3.12. The molecule has 1 aromatic carbocycles. The second-order valence-electron chi connectivity index (χ2n) is 3.83. The zero-order valence-corrected chi connectivity index (χ0v) is 11.8. The number of nitrogens with one attached hydrogen (secondary N) is 2. The number of nitrogens with zero attached hydrogens (tertiary/aromatic N) is 1. The molecule has 0 bridgehead atoms. The first kappa shape index (κ1) is 14.4. The van der Waals surface area contributed by atoms with Gasteiger partial charge in [0.25, 0.3) is 0 Å². The van der Waals surface area contributed by atoms with E-state index >= 15 is 0 Å². The smallest absolute Gasteiger partial charge is 0.238 e. The molecule has 1 heterocycles. The van der Waals surface area contributed by atoms with Gasteiger partial charge in [0.1, 0.15) is 11.6 Å². The predicted octanol–water partition coefficient (Wildman–Crippen LogP) is 1.81. The van der Waals surface area contributed by atoms with Crippen LogP contribution in [0.3, 0.4) is 0 Å². The number of hydrogen-bond acceptors (Lipinski definition) is 5. The van der Waals surface area contributed by atoms with Crippen LogP contribution in [0.5, 0.6) is 5.75 Å². The molecule has 20 heavy (non-hydrogen) atoms. The number of benzene rings is 1. The minimum absolute atomic E-state index is 0.0826. The van der Waals surface area contributed by atoms with Crippen LogP contribution in [0, 0.1) is 5.82 Å². The quantitative estimate of drug-likeness (QED) is 0.823. The molecule has 2 N–H and O–H groups in total. The monoisotopic (exact) mass is 297 g/mol. The highest BCUT2D eigenvalue weighted by atomic mass is 31.0. The summed E-state index contributed by atoms with van der Waals surface area (Å²) in [5, 5.41) is 5.17. The van der Waals surface area contributed by atoms with Crippen molar-refractivity contribution in [3.63, 3.8) is 0 Å². The van der Waals surface area contributed by atoms with E-state index < -0.39 is 5.82 Å². The van der Waals surface area contributed by atoms with Crippen LogP contribution in [0.2, 0.25) is 0 Å². The van der Waals surface area contributed by atoms with Crippen molar-refractivity contribution in [3.8, 4) is 17.1 Å². The first-order valence-corrected chi connectivity index (χ1v) is 6.23. The van der Waals surface area contributed by atoms with Gasteiger partial charge in [-0.25, -0.2) is 9.37 Å². The van der Waals surface area contributed by atoms with E-state index in [2.05, 4.69) is 24.8 Å². The molecule has 0 saturated heterocycles. The summed E-state index contributed by atoms with van der Waals surface area (Å²) in [4.78, 5) is 15.2. The maximum absolute atomic E-state index is 14.1. The van der Waals surface area contributed by atoms with E-state index in [1.54, 1.807) is 0 Å². The third-order valence-electron chi connectivity index (χ3n) is 2.52. The summed E-state index contributed by atoms with van der Waals surface area (Å²) in [7, 11) is 3.64. The lowest BCUT2D eigenvalue weighted by atomic mass is 10.1. The Hall–Kier alpha value is -1.98. The largest absolute Gasteiger partial charge is 0.495 e.